The number of rotatable bonds is 6. The average Bonchev–Trinajstić information content (AvgIpc) is 3.64. The monoisotopic (exact) mass is 554 g/mol. The normalized spacial score (nSPS) is 21.6. The van der Waals surface area contributed by atoms with Crippen molar-refractivity contribution in [3.8, 4) is 11.4 Å². The summed E-state index contributed by atoms with van der Waals surface area (Å²) in [6.45, 7) is 2.27. The number of nitrogens with one attached hydrogen (secondary N) is 1. The second-order valence-corrected chi connectivity index (χ2v) is 10.2. The molecule has 2 fully saturated rings. The Kier molecular flexibility index (Phi) is 6.53. The third-order valence-corrected chi connectivity index (χ3v) is 7.37. The molecule has 2 aromatic heterocycles. The zero-order valence-electron chi connectivity index (χ0n) is 21.2. The van der Waals surface area contributed by atoms with E-state index in [0.29, 0.717) is 30.8 Å². The first-order chi connectivity index (χ1) is 19.1. The van der Waals surface area contributed by atoms with Crippen LogP contribution in [-0.4, -0.2) is 67.5 Å². The van der Waals surface area contributed by atoms with Crippen molar-refractivity contribution in [2.45, 2.75) is 50.7 Å². The first kappa shape index (κ1) is 26.0. The molecule has 3 amide bonds. The number of benzene rings is 1. The molecule has 0 bridgehead atoms. The fourth-order valence-corrected chi connectivity index (χ4v) is 5.41. The lowest BCUT2D eigenvalue weighted by Crippen LogP contribution is -2.52. The lowest BCUT2D eigenvalue weighted by atomic mass is 10.0. The molecule has 1 aromatic carbocycles. The van der Waals surface area contributed by atoms with E-state index < -0.39 is 23.8 Å². The first-order valence-corrected chi connectivity index (χ1v) is 12.9. The van der Waals surface area contributed by atoms with Gasteiger partial charge in [0.1, 0.15) is 23.6 Å². The fourth-order valence-electron chi connectivity index (χ4n) is 5.41. The zero-order chi connectivity index (χ0) is 28.0. The molecule has 0 saturated carbocycles. The molecule has 208 valence electrons. The number of aromatic nitrogens is 3. The number of carbonyl (C=O) groups is 3. The van der Waals surface area contributed by atoms with Crippen molar-refractivity contribution in [2.24, 2.45) is 0 Å². The van der Waals surface area contributed by atoms with E-state index in [-0.39, 0.29) is 36.6 Å². The molecule has 0 aliphatic carbocycles. The van der Waals surface area contributed by atoms with E-state index in [1.54, 1.807) is 24.5 Å². The minimum Gasteiger partial charge on any atom is -0.489 e. The number of ether oxygens (including phenoxy) is 1. The van der Waals surface area contributed by atoms with Crippen LogP contribution in [-0.2, 0) is 28.9 Å². The van der Waals surface area contributed by atoms with Crippen LogP contribution >= 0.6 is 0 Å². The quantitative estimate of drug-likeness (QED) is 0.467. The van der Waals surface area contributed by atoms with E-state index in [1.807, 2.05) is 6.07 Å². The molecule has 1 N–H and O–H groups in total. The Morgan fingerprint density at radius 3 is 2.75 bits per heavy atom. The lowest BCUT2D eigenvalue weighted by molar-refractivity contribution is -0.141. The molecule has 3 aromatic rings. The Morgan fingerprint density at radius 1 is 1.10 bits per heavy atom. The van der Waals surface area contributed by atoms with Gasteiger partial charge >= 0.3 is 6.18 Å². The highest BCUT2D eigenvalue weighted by atomic mass is 19.4. The molecule has 2 saturated heterocycles. The van der Waals surface area contributed by atoms with Gasteiger partial charge in [-0.25, -0.2) is 4.68 Å². The van der Waals surface area contributed by atoms with Crippen molar-refractivity contribution in [1.82, 2.24) is 29.9 Å². The fraction of sp³-hybridized carbons (Fsp3) is 0.370. The minimum atomic E-state index is -4.53. The number of halogens is 3. The van der Waals surface area contributed by atoms with Crippen molar-refractivity contribution in [1.29, 1.82) is 0 Å². The van der Waals surface area contributed by atoms with Crippen LogP contribution in [0, 0.1) is 0 Å². The average molecular weight is 555 g/mol. The number of piperidine rings is 1. The van der Waals surface area contributed by atoms with Crippen molar-refractivity contribution in [2.75, 3.05) is 13.1 Å². The summed E-state index contributed by atoms with van der Waals surface area (Å²) in [6.07, 6.45) is 1.13. The number of alkyl halides is 3. The van der Waals surface area contributed by atoms with Gasteiger partial charge in [0, 0.05) is 56.1 Å². The Bertz CT molecular complexity index is 1490. The maximum atomic E-state index is 13.0. The van der Waals surface area contributed by atoms with Crippen molar-refractivity contribution >= 4 is 17.7 Å². The summed E-state index contributed by atoms with van der Waals surface area (Å²) in [5, 5.41) is 6.52. The van der Waals surface area contributed by atoms with Crippen molar-refractivity contribution in [3.63, 3.8) is 0 Å². The largest absolute Gasteiger partial charge is 0.489 e. The molecule has 0 spiro atoms. The molecule has 2 unspecified atom stereocenters. The molecule has 2 atom stereocenters. The van der Waals surface area contributed by atoms with Gasteiger partial charge < -0.3 is 9.64 Å². The zero-order valence-corrected chi connectivity index (χ0v) is 21.2. The topological polar surface area (TPSA) is 110 Å². The Balaban J connectivity index is 1.05. The summed E-state index contributed by atoms with van der Waals surface area (Å²) in [5.41, 5.74) is 1.47. The molecule has 3 aliphatic heterocycles. The first-order valence-electron chi connectivity index (χ1n) is 12.9. The van der Waals surface area contributed by atoms with Crippen LogP contribution in [0.4, 0.5) is 13.2 Å². The number of carbonyl (C=O) groups excluding carboxylic acids is 3. The van der Waals surface area contributed by atoms with Gasteiger partial charge in [-0.05, 0) is 48.7 Å². The van der Waals surface area contributed by atoms with Crippen LogP contribution in [0.5, 0.6) is 5.75 Å². The number of hydrogen-bond acceptors (Lipinski definition) is 7. The number of fused-ring (bicyclic) bond motifs is 1. The van der Waals surface area contributed by atoms with E-state index in [9.17, 15) is 27.6 Å². The number of pyridine rings is 1. The van der Waals surface area contributed by atoms with Crippen LogP contribution in [0.2, 0.25) is 0 Å². The van der Waals surface area contributed by atoms with Gasteiger partial charge in [0.15, 0.2) is 0 Å². The number of hydrogen-bond donors (Lipinski definition) is 1. The van der Waals surface area contributed by atoms with Gasteiger partial charge in [-0.3, -0.25) is 29.6 Å². The molecule has 40 heavy (non-hydrogen) atoms. The molecule has 0 radical (unpaired) electrons. The number of imide groups is 1. The van der Waals surface area contributed by atoms with Gasteiger partial charge in [-0.1, -0.05) is 0 Å². The molecular weight excluding hydrogens is 529 g/mol. The van der Waals surface area contributed by atoms with Gasteiger partial charge in [0.2, 0.25) is 11.8 Å². The maximum Gasteiger partial charge on any atom is 0.433 e. The lowest BCUT2D eigenvalue weighted by Gasteiger charge is -2.29. The summed E-state index contributed by atoms with van der Waals surface area (Å²) >= 11 is 0. The summed E-state index contributed by atoms with van der Waals surface area (Å²) in [5.74, 6) is -0.370. The van der Waals surface area contributed by atoms with Gasteiger partial charge in [-0.15, -0.1) is 0 Å². The Morgan fingerprint density at radius 2 is 1.95 bits per heavy atom. The highest BCUT2D eigenvalue weighted by molar-refractivity contribution is 6.05. The van der Waals surface area contributed by atoms with E-state index in [1.165, 1.54) is 15.6 Å². The number of amides is 3. The van der Waals surface area contributed by atoms with Crippen molar-refractivity contribution < 1.29 is 32.3 Å². The predicted molar refractivity (Wildman–Crippen MR) is 133 cm³/mol. The van der Waals surface area contributed by atoms with Crippen molar-refractivity contribution in [3.05, 3.63) is 71.3 Å². The summed E-state index contributed by atoms with van der Waals surface area (Å²) in [4.78, 5) is 43.7. The third-order valence-electron chi connectivity index (χ3n) is 7.37. The van der Waals surface area contributed by atoms with Crippen LogP contribution in [0.1, 0.15) is 46.4 Å². The molecule has 10 nitrogen and oxygen atoms in total. The number of nitrogens with zero attached hydrogens (tertiary/aromatic N) is 5. The minimum absolute atomic E-state index is 0.0778. The van der Waals surface area contributed by atoms with Gasteiger partial charge in [-0.2, -0.15) is 18.3 Å². The Labute approximate surface area is 226 Å². The summed E-state index contributed by atoms with van der Waals surface area (Å²) in [7, 11) is 0. The van der Waals surface area contributed by atoms with E-state index in [4.69, 9.17) is 4.74 Å². The summed E-state index contributed by atoms with van der Waals surface area (Å²) in [6, 6.07) is 7.06. The second-order valence-electron chi connectivity index (χ2n) is 10.2. The highest BCUT2D eigenvalue weighted by Gasteiger charge is 2.39. The smallest absolute Gasteiger partial charge is 0.433 e. The molecule has 13 heteroatoms. The van der Waals surface area contributed by atoms with Crippen LogP contribution in [0.15, 0.2) is 48.9 Å². The highest BCUT2D eigenvalue weighted by Crippen LogP contribution is 2.31. The molecule has 5 heterocycles. The molecule has 3 aliphatic rings. The molecule has 6 rings (SSSR count). The summed E-state index contributed by atoms with van der Waals surface area (Å²) < 4.78 is 46.6. The maximum absolute atomic E-state index is 13.0. The third kappa shape index (κ3) is 5.16. The van der Waals surface area contributed by atoms with Gasteiger partial charge in [0.05, 0.1) is 11.9 Å². The van der Waals surface area contributed by atoms with Crippen LogP contribution in [0.3, 0.4) is 0 Å². The van der Waals surface area contributed by atoms with Gasteiger partial charge in [0.25, 0.3) is 5.91 Å². The van der Waals surface area contributed by atoms with E-state index in [2.05, 4.69) is 20.3 Å². The van der Waals surface area contributed by atoms with E-state index >= 15 is 0 Å². The van der Waals surface area contributed by atoms with Crippen LogP contribution in [0.25, 0.3) is 5.69 Å². The predicted octanol–water partition coefficient (Wildman–Crippen LogP) is 2.70. The molecular formula is C27H25F3N6O4. The van der Waals surface area contributed by atoms with Crippen LogP contribution < -0.4 is 10.1 Å². The number of likely N-dealkylation sites (tertiary alicyclic amines) is 1. The SMILES string of the molecule is O=C1CCC(N2Cc3cc(OC4CCN(Cc5cnn(-c6ccnc(C(F)(F)F)c6)c5)C4)ccc3C2=O)C(=O)N1. The standard InChI is InChI=1S/C27H25F3N6O4/c28-27(29,30)23-10-18(5-7-31-23)36-13-16(11-32-36)12-34-8-6-20(15-34)40-19-1-2-21-17(9-19)14-35(26(21)39)22-3-4-24(37)33-25(22)38/h1-2,5,7,9-11,13,20,22H,3-4,6,8,12,14-15H2,(H,33,37,38). The second kappa shape index (κ2) is 10.0. The Hall–Kier alpha value is -4.26. The van der Waals surface area contributed by atoms with E-state index in [0.717, 1.165) is 36.4 Å².